The van der Waals surface area contributed by atoms with E-state index >= 15 is 0 Å². The maximum Gasteiger partial charge on any atom is 0.255 e. The molecule has 18 heavy (non-hydrogen) atoms. The van der Waals surface area contributed by atoms with Crippen molar-refractivity contribution in [2.45, 2.75) is 6.92 Å². The Labute approximate surface area is 105 Å². The summed E-state index contributed by atoms with van der Waals surface area (Å²) >= 11 is 0. The van der Waals surface area contributed by atoms with Crippen LogP contribution in [0.15, 0.2) is 42.5 Å². The molecule has 2 aromatic rings. The van der Waals surface area contributed by atoms with Crippen molar-refractivity contribution in [3.63, 3.8) is 0 Å². The minimum atomic E-state index is -0.265. The lowest BCUT2D eigenvalue weighted by Gasteiger charge is -2.08. The number of nitrogens with one attached hydrogen (secondary N) is 1. The summed E-state index contributed by atoms with van der Waals surface area (Å²) in [5.41, 5.74) is 7.86. The summed E-state index contributed by atoms with van der Waals surface area (Å²) in [7, 11) is 0. The molecule has 0 aromatic heterocycles. The number of aryl methyl sites for hydroxylation is 1. The Balaban J connectivity index is 2.21. The number of carbonyl (C=O) groups excluding carboxylic acids is 1. The second kappa shape index (κ2) is 4.79. The molecule has 4 heteroatoms. The van der Waals surface area contributed by atoms with E-state index in [1.807, 2.05) is 19.1 Å². The average Bonchev–Trinajstić information content (AvgIpc) is 2.32. The molecule has 0 radical (unpaired) electrons. The third kappa shape index (κ3) is 2.60. The normalized spacial score (nSPS) is 10.1. The first-order chi connectivity index (χ1) is 8.56. The molecule has 2 aromatic carbocycles. The zero-order valence-corrected chi connectivity index (χ0v) is 9.97. The molecule has 0 aliphatic carbocycles. The minimum absolute atomic E-state index is 0.0454. The van der Waals surface area contributed by atoms with Crippen LogP contribution in [0, 0.1) is 6.92 Å². The molecule has 0 unspecified atom stereocenters. The van der Waals surface area contributed by atoms with E-state index in [9.17, 15) is 9.90 Å². The van der Waals surface area contributed by atoms with Crippen molar-refractivity contribution in [1.82, 2.24) is 0 Å². The largest absolute Gasteiger partial charge is 0.506 e. The van der Waals surface area contributed by atoms with Gasteiger partial charge >= 0.3 is 0 Å². The average molecular weight is 242 g/mol. The summed E-state index contributed by atoms with van der Waals surface area (Å²) in [6.07, 6.45) is 0. The number of nitrogen functional groups attached to an aromatic ring is 1. The highest BCUT2D eigenvalue weighted by Crippen LogP contribution is 2.25. The van der Waals surface area contributed by atoms with E-state index in [-0.39, 0.29) is 11.7 Å². The maximum absolute atomic E-state index is 11.9. The number of carbonyl (C=O) groups is 1. The lowest BCUT2D eigenvalue weighted by atomic mass is 10.1. The molecule has 0 saturated carbocycles. The van der Waals surface area contributed by atoms with Crippen LogP contribution < -0.4 is 11.1 Å². The number of benzene rings is 2. The van der Waals surface area contributed by atoms with E-state index in [1.165, 1.54) is 6.07 Å². The molecule has 0 atom stereocenters. The smallest absolute Gasteiger partial charge is 0.255 e. The van der Waals surface area contributed by atoms with Gasteiger partial charge in [-0.05, 0) is 31.2 Å². The van der Waals surface area contributed by atoms with Gasteiger partial charge in [0.2, 0.25) is 0 Å². The Morgan fingerprint density at radius 2 is 2.00 bits per heavy atom. The third-order valence-corrected chi connectivity index (χ3v) is 2.55. The number of phenolic OH excluding ortho intramolecular Hbond substituents is 1. The van der Waals surface area contributed by atoms with E-state index in [0.717, 1.165) is 5.56 Å². The van der Waals surface area contributed by atoms with Crippen molar-refractivity contribution < 1.29 is 9.90 Å². The third-order valence-electron chi connectivity index (χ3n) is 2.55. The first-order valence-electron chi connectivity index (χ1n) is 5.53. The topological polar surface area (TPSA) is 75.4 Å². The molecule has 0 aliphatic heterocycles. The number of hydrogen-bond acceptors (Lipinski definition) is 3. The molecule has 4 N–H and O–H groups in total. The summed E-state index contributed by atoms with van der Waals surface area (Å²) in [6, 6.07) is 11.8. The summed E-state index contributed by atoms with van der Waals surface area (Å²) < 4.78 is 0. The van der Waals surface area contributed by atoms with Crippen LogP contribution in [0.2, 0.25) is 0 Å². The number of hydrogen-bond donors (Lipinski definition) is 3. The van der Waals surface area contributed by atoms with Gasteiger partial charge in [-0.15, -0.1) is 0 Å². The van der Waals surface area contributed by atoms with E-state index < -0.39 is 0 Å². The Morgan fingerprint density at radius 1 is 1.22 bits per heavy atom. The van der Waals surface area contributed by atoms with Gasteiger partial charge in [0.25, 0.3) is 5.91 Å². The van der Waals surface area contributed by atoms with Crippen molar-refractivity contribution in [1.29, 1.82) is 0 Å². The zero-order valence-electron chi connectivity index (χ0n) is 9.97. The number of amides is 1. The second-order valence-electron chi connectivity index (χ2n) is 4.10. The predicted octanol–water partition coefficient (Wildman–Crippen LogP) is 2.54. The van der Waals surface area contributed by atoms with Gasteiger partial charge in [0.15, 0.2) is 0 Å². The van der Waals surface area contributed by atoms with Crippen LogP contribution in [0.4, 0.5) is 11.4 Å². The Kier molecular flexibility index (Phi) is 3.19. The Bertz CT molecular complexity index is 594. The molecule has 0 spiro atoms. The number of aromatic hydroxyl groups is 1. The molecule has 1 amide bonds. The van der Waals surface area contributed by atoms with Crippen molar-refractivity contribution in [2.24, 2.45) is 0 Å². The lowest BCUT2D eigenvalue weighted by Crippen LogP contribution is -2.12. The highest BCUT2D eigenvalue weighted by molar-refractivity contribution is 6.05. The zero-order chi connectivity index (χ0) is 13.1. The molecule has 4 nitrogen and oxygen atoms in total. The van der Waals surface area contributed by atoms with Crippen LogP contribution in [0.1, 0.15) is 15.9 Å². The van der Waals surface area contributed by atoms with Crippen molar-refractivity contribution in [2.75, 3.05) is 11.1 Å². The molecule has 0 aliphatic rings. The van der Waals surface area contributed by atoms with Gasteiger partial charge < -0.3 is 16.2 Å². The fraction of sp³-hybridized carbons (Fsp3) is 0.0714. The monoisotopic (exact) mass is 242 g/mol. The van der Waals surface area contributed by atoms with E-state index in [0.29, 0.717) is 16.9 Å². The van der Waals surface area contributed by atoms with Crippen LogP contribution in [-0.4, -0.2) is 11.0 Å². The summed E-state index contributed by atoms with van der Waals surface area (Å²) in [5, 5.41) is 12.3. The molecule has 0 heterocycles. The summed E-state index contributed by atoms with van der Waals surface area (Å²) in [4.78, 5) is 11.9. The molecule has 0 fully saturated rings. The quantitative estimate of drug-likeness (QED) is 0.559. The first-order valence-corrected chi connectivity index (χ1v) is 5.53. The lowest BCUT2D eigenvalue weighted by molar-refractivity contribution is 0.102. The van der Waals surface area contributed by atoms with Gasteiger partial charge in [-0.3, -0.25) is 4.79 Å². The molecule has 92 valence electrons. The molecule has 0 saturated heterocycles. The summed E-state index contributed by atoms with van der Waals surface area (Å²) in [5.74, 6) is -0.310. The summed E-state index contributed by atoms with van der Waals surface area (Å²) in [6.45, 7) is 1.91. The fourth-order valence-corrected chi connectivity index (χ4v) is 1.64. The van der Waals surface area contributed by atoms with E-state index in [2.05, 4.69) is 5.32 Å². The standard InChI is InChI=1S/C14H14N2O2/c1-9-3-2-4-10(7-9)14(18)16-12-6-5-11(15)8-13(12)17/h2-8,17H,15H2,1H3,(H,16,18). The van der Waals surface area contributed by atoms with Crippen LogP contribution >= 0.6 is 0 Å². The Hall–Kier alpha value is -2.49. The maximum atomic E-state index is 11.9. The van der Waals surface area contributed by atoms with Gasteiger partial charge in [0.1, 0.15) is 5.75 Å². The number of nitrogens with two attached hydrogens (primary N) is 1. The SMILES string of the molecule is Cc1cccc(C(=O)Nc2ccc(N)cc2O)c1. The second-order valence-corrected chi connectivity index (χ2v) is 4.10. The van der Waals surface area contributed by atoms with Gasteiger partial charge in [-0.25, -0.2) is 0 Å². The van der Waals surface area contributed by atoms with E-state index in [4.69, 9.17) is 5.73 Å². The molecule has 0 bridgehead atoms. The van der Waals surface area contributed by atoms with Crippen molar-refractivity contribution >= 4 is 17.3 Å². The van der Waals surface area contributed by atoms with Gasteiger partial charge in [0, 0.05) is 17.3 Å². The molecular weight excluding hydrogens is 228 g/mol. The van der Waals surface area contributed by atoms with Crippen molar-refractivity contribution in [3.05, 3.63) is 53.6 Å². The van der Waals surface area contributed by atoms with Crippen LogP contribution in [-0.2, 0) is 0 Å². The fourth-order valence-electron chi connectivity index (χ4n) is 1.64. The van der Waals surface area contributed by atoms with Crippen molar-refractivity contribution in [3.8, 4) is 5.75 Å². The van der Waals surface area contributed by atoms with Gasteiger partial charge in [0.05, 0.1) is 5.69 Å². The number of anilines is 2. The number of phenols is 1. The Morgan fingerprint density at radius 3 is 2.67 bits per heavy atom. The van der Waals surface area contributed by atoms with Crippen LogP contribution in [0.5, 0.6) is 5.75 Å². The number of rotatable bonds is 2. The highest BCUT2D eigenvalue weighted by Gasteiger charge is 2.08. The molecular formula is C14H14N2O2. The first kappa shape index (κ1) is 12.0. The van der Waals surface area contributed by atoms with Crippen LogP contribution in [0.3, 0.4) is 0 Å². The minimum Gasteiger partial charge on any atom is -0.506 e. The van der Waals surface area contributed by atoms with E-state index in [1.54, 1.807) is 24.3 Å². The predicted molar refractivity (Wildman–Crippen MR) is 71.7 cm³/mol. The highest BCUT2D eigenvalue weighted by atomic mass is 16.3. The van der Waals surface area contributed by atoms with Crippen LogP contribution in [0.25, 0.3) is 0 Å². The van der Waals surface area contributed by atoms with Gasteiger partial charge in [-0.2, -0.15) is 0 Å². The van der Waals surface area contributed by atoms with Gasteiger partial charge in [-0.1, -0.05) is 17.7 Å². The molecule has 2 rings (SSSR count).